The summed E-state index contributed by atoms with van der Waals surface area (Å²) in [6, 6.07) is 0.678. The molecular formula is C3H9N5. The van der Waals surface area contributed by atoms with Crippen molar-refractivity contribution >= 4 is 0 Å². The standard InChI is InChI=1S/C3H9N5/c1-2-3(1)8-6-4-5-7-8/h3-7H,1-2H2. The van der Waals surface area contributed by atoms with Gasteiger partial charge >= 0.3 is 0 Å². The summed E-state index contributed by atoms with van der Waals surface area (Å²) in [7, 11) is 0. The Morgan fingerprint density at radius 1 is 1.12 bits per heavy atom. The highest BCUT2D eigenvalue weighted by atomic mass is 15.7. The lowest BCUT2D eigenvalue weighted by Crippen LogP contribution is -1.98. The molecule has 0 spiro atoms. The van der Waals surface area contributed by atoms with Crippen LogP contribution < -0.4 is 0 Å². The molecule has 5 nitrogen and oxygen atoms in total. The van der Waals surface area contributed by atoms with Crippen LogP contribution in [0.25, 0.3) is 0 Å². The summed E-state index contributed by atoms with van der Waals surface area (Å²) in [5.74, 6) is 0. The number of nitrogens with one attached hydrogen (secondary N) is 4. The molecule has 0 aliphatic heterocycles. The third-order valence-corrected chi connectivity index (χ3v) is 1.33. The number of aromatic amines is 4. The van der Waals surface area contributed by atoms with E-state index in [0.717, 1.165) is 0 Å². The van der Waals surface area contributed by atoms with Crippen LogP contribution in [0.15, 0.2) is 0 Å². The fourth-order valence-electron chi connectivity index (χ4n) is 0.720. The molecule has 1 aliphatic carbocycles. The third-order valence-electron chi connectivity index (χ3n) is 1.33. The first-order valence-corrected chi connectivity index (χ1v) is 2.77. The van der Waals surface area contributed by atoms with E-state index in [1.807, 2.05) is 4.80 Å². The molecule has 46 valence electrons. The van der Waals surface area contributed by atoms with Crippen molar-refractivity contribution < 1.29 is 0 Å². The number of H-pyrrole nitrogens is 4. The van der Waals surface area contributed by atoms with Gasteiger partial charge < -0.3 is 0 Å². The minimum absolute atomic E-state index is 0.678. The number of aromatic nitrogens is 5. The molecule has 0 saturated heterocycles. The van der Waals surface area contributed by atoms with E-state index >= 15 is 0 Å². The van der Waals surface area contributed by atoms with E-state index < -0.39 is 0 Å². The van der Waals surface area contributed by atoms with E-state index in [1.54, 1.807) is 0 Å². The van der Waals surface area contributed by atoms with Gasteiger partial charge in [0.2, 0.25) is 0 Å². The minimum atomic E-state index is 0.678. The first kappa shape index (κ1) is 3.94. The molecule has 0 amide bonds. The molecule has 4 N–H and O–H groups in total. The van der Waals surface area contributed by atoms with Gasteiger partial charge in [-0.25, -0.2) is 20.9 Å². The van der Waals surface area contributed by atoms with Crippen molar-refractivity contribution in [1.82, 2.24) is 25.7 Å². The molecule has 1 aromatic rings. The Morgan fingerprint density at radius 3 is 2.25 bits per heavy atom. The summed E-state index contributed by atoms with van der Waals surface area (Å²) in [5.41, 5.74) is 0. The fourth-order valence-corrected chi connectivity index (χ4v) is 0.720. The fraction of sp³-hybridized carbons (Fsp3) is 1.00. The molecule has 0 bridgehead atoms. The lowest BCUT2D eigenvalue weighted by molar-refractivity contribution is 0.530. The zero-order valence-corrected chi connectivity index (χ0v) is 4.44. The lowest BCUT2D eigenvalue weighted by Gasteiger charge is -1.91. The average Bonchev–Trinajstić information content (AvgIpc) is 2.49. The number of hydrogen-bond acceptors (Lipinski definition) is 0. The quantitative estimate of drug-likeness (QED) is 0.405. The molecule has 0 radical (unpaired) electrons. The van der Waals surface area contributed by atoms with Crippen molar-refractivity contribution in [3.05, 3.63) is 0 Å². The van der Waals surface area contributed by atoms with Crippen LogP contribution in [-0.2, 0) is 0 Å². The molecule has 1 saturated carbocycles. The van der Waals surface area contributed by atoms with Crippen LogP contribution in [0.3, 0.4) is 0 Å². The second-order valence-corrected chi connectivity index (χ2v) is 2.07. The number of nitrogens with zero attached hydrogens (tertiary/aromatic N) is 1. The van der Waals surface area contributed by atoms with Gasteiger partial charge in [0.05, 0.1) is 6.04 Å². The number of rotatable bonds is 1. The smallest absolute Gasteiger partial charge is 0.0704 e. The SMILES string of the molecule is C1CC1n1[nH][nH][nH][nH]1. The molecule has 1 fully saturated rings. The van der Waals surface area contributed by atoms with Crippen molar-refractivity contribution in [1.29, 1.82) is 0 Å². The summed E-state index contributed by atoms with van der Waals surface area (Å²) in [5, 5.41) is 11.2. The van der Waals surface area contributed by atoms with Gasteiger partial charge in [0.1, 0.15) is 0 Å². The molecule has 1 aliphatic rings. The Hall–Kier alpha value is -1.00. The molecule has 1 aromatic heterocycles. The van der Waals surface area contributed by atoms with Crippen molar-refractivity contribution in [2.75, 3.05) is 0 Å². The first-order chi connectivity index (χ1) is 3.97. The molecule has 0 unspecified atom stereocenters. The largest absolute Gasteiger partial charge is 0.213 e. The molecule has 5 heteroatoms. The van der Waals surface area contributed by atoms with Gasteiger partial charge in [0.15, 0.2) is 0 Å². The predicted molar refractivity (Wildman–Crippen MR) is 27.7 cm³/mol. The van der Waals surface area contributed by atoms with Crippen LogP contribution in [0.1, 0.15) is 18.9 Å². The van der Waals surface area contributed by atoms with E-state index in [4.69, 9.17) is 0 Å². The van der Waals surface area contributed by atoms with Crippen molar-refractivity contribution in [3.63, 3.8) is 0 Å². The van der Waals surface area contributed by atoms with Crippen LogP contribution in [0.4, 0.5) is 0 Å². The van der Waals surface area contributed by atoms with Crippen LogP contribution in [-0.4, -0.2) is 25.7 Å². The van der Waals surface area contributed by atoms with Gasteiger partial charge in [-0.2, -0.15) is 4.80 Å². The molecule has 2 rings (SSSR count). The van der Waals surface area contributed by atoms with Crippen molar-refractivity contribution in [3.8, 4) is 0 Å². The molecular weight excluding hydrogens is 106 g/mol. The second-order valence-electron chi connectivity index (χ2n) is 2.07. The van der Waals surface area contributed by atoms with E-state index in [9.17, 15) is 0 Å². The molecule has 1 heterocycles. The summed E-state index contributed by atoms with van der Waals surface area (Å²) in [4.78, 5) is 1.92. The molecule has 8 heavy (non-hydrogen) atoms. The van der Waals surface area contributed by atoms with Gasteiger partial charge in [0.25, 0.3) is 0 Å². The Morgan fingerprint density at radius 2 is 1.75 bits per heavy atom. The topological polar surface area (TPSA) is 68.1 Å². The Bertz CT molecular complexity index is 164. The average molecular weight is 115 g/mol. The molecule has 0 aromatic carbocycles. The van der Waals surface area contributed by atoms with Crippen LogP contribution in [0.5, 0.6) is 0 Å². The Kier molecular flexibility index (Phi) is 0.610. The van der Waals surface area contributed by atoms with E-state index in [-0.39, 0.29) is 0 Å². The predicted octanol–water partition coefficient (Wildman–Crippen LogP) is 0.260. The maximum atomic E-state index is 2.88. The normalized spacial score (nSPS) is 19.0. The Labute approximate surface area is 45.7 Å². The Balaban J connectivity index is 2.28. The maximum Gasteiger partial charge on any atom is 0.0704 e. The lowest BCUT2D eigenvalue weighted by atomic mass is 10.8. The van der Waals surface area contributed by atoms with Crippen LogP contribution in [0.2, 0.25) is 0 Å². The van der Waals surface area contributed by atoms with Gasteiger partial charge in [-0.15, -0.1) is 0 Å². The third kappa shape index (κ3) is 0.473. The van der Waals surface area contributed by atoms with E-state index in [0.29, 0.717) is 6.04 Å². The summed E-state index contributed by atoms with van der Waals surface area (Å²) < 4.78 is 0. The highest BCUT2D eigenvalue weighted by molar-refractivity contribution is 4.73. The number of hydrogen-bond donors (Lipinski definition) is 4. The van der Waals surface area contributed by atoms with E-state index in [1.165, 1.54) is 12.8 Å². The van der Waals surface area contributed by atoms with Crippen molar-refractivity contribution in [2.24, 2.45) is 0 Å². The van der Waals surface area contributed by atoms with Gasteiger partial charge in [-0.1, -0.05) is 0 Å². The van der Waals surface area contributed by atoms with Crippen molar-refractivity contribution in [2.45, 2.75) is 18.9 Å². The first-order valence-electron chi connectivity index (χ1n) is 2.77. The van der Waals surface area contributed by atoms with E-state index in [2.05, 4.69) is 20.9 Å². The van der Waals surface area contributed by atoms with Gasteiger partial charge in [-0.3, -0.25) is 0 Å². The zero-order valence-electron chi connectivity index (χ0n) is 4.44. The van der Waals surface area contributed by atoms with Crippen LogP contribution >= 0.6 is 0 Å². The van der Waals surface area contributed by atoms with Gasteiger partial charge in [-0.05, 0) is 12.8 Å². The zero-order chi connectivity index (χ0) is 5.40. The minimum Gasteiger partial charge on any atom is -0.213 e. The van der Waals surface area contributed by atoms with Crippen LogP contribution in [0, 0.1) is 0 Å². The maximum absolute atomic E-state index is 2.88. The summed E-state index contributed by atoms with van der Waals surface area (Å²) >= 11 is 0. The second kappa shape index (κ2) is 1.24. The monoisotopic (exact) mass is 115 g/mol. The summed E-state index contributed by atoms with van der Waals surface area (Å²) in [6.07, 6.45) is 2.56. The highest BCUT2D eigenvalue weighted by Gasteiger charge is 2.23. The van der Waals surface area contributed by atoms with Gasteiger partial charge in [0, 0.05) is 0 Å². The highest BCUT2D eigenvalue weighted by Crippen LogP contribution is 2.32. The molecule has 0 atom stereocenters. The summed E-state index contributed by atoms with van der Waals surface area (Å²) in [6.45, 7) is 0.